The molecule has 7 atom stereocenters. The second-order valence-electron chi connectivity index (χ2n) is 10.3. The Kier molecular flexibility index (Phi) is 4.63. The van der Waals surface area contributed by atoms with E-state index in [-0.39, 0.29) is 5.41 Å². The molecule has 0 heterocycles. The summed E-state index contributed by atoms with van der Waals surface area (Å²) in [6, 6.07) is 0. The van der Waals surface area contributed by atoms with Crippen molar-refractivity contribution in [2.75, 3.05) is 0 Å². The lowest BCUT2D eigenvalue weighted by molar-refractivity contribution is -0.131. The van der Waals surface area contributed by atoms with Gasteiger partial charge in [0.1, 0.15) is 0 Å². The summed E-state index contributed by atoms with van der Waals surface area (Å²) in [7, 11) is 0. The van der Waals surface area contributed by atoms with Gasteiger partial charge in [0.25, 0.3) is 0 Å². The first kappa shape index (κ1) is 19.0. The van der Waals surface area contributed by atoms with Crippen molar-refractivity contribution in [3.05, 3.63) is 23.8 Å². The Bertz CT molecular complexity index is 704. The van der Waals surface area contributed by atoms with Gasteiger partial charge in [0, 0.05) is 12.5 Å². The van der Waals surface area contributed by atoms with E-state index in [1.807, 2.05) is 12.2 Å². The largest absolute Gasteiger partial charge is 0.478 e. The maximum absolute atomic E-state index is 12.0. The van der Waals surface area contributed by atoms with Crippen LogP contribution in [0.3, 0.4) is 0 Å². The van der Waals surface area contributed by atoms with Crippen LogP contribution in [-0.4, -0.2) is 16.9 Å². The number of carboxylic acid groups (broad SMARTS) is 1. The van der Waals surface area contributed by atoms with E-state index in [4.69, 9.17) is 5.11 Å². The van der Waals surface area contributed by atoms with Crippen LogP contribution in [0.5, 0.6) is 0 Å². The molecule has 148 valence electrons. The van der Waals surface area contributed by atoms with E-state index in [2.05, 4.69) is 20.8 Å². The van der Waals surface area contributed by atoms with Crippen LogP contribution in [-0.2, 0) is 9.59 Å². The van der Waals surface area contributed by atoms with E-state index in [0.29, 0.717) is 23.0 Å². The second kappa shape index (κ2) is 6.60. The highest BCUT2D eigenvalue weighted by Crippen LogP contribution is 2.67. The minimum Gasteiger partial charge on any atom is -0.478 e. The number of aliphatic carboxylic acids is 1. The monoisotopic (exact) mass is 370 g/mol. The molecule has 0 radical (unpaired) electrons. The maximum Gasteiger partial charge on any atom is 0.327 e. The molecule has 0 amide bonds. The summed E-state index contributed by atoms with van der Waals surface area (Å²) < 4.78 is 0. The van der Waals surface area contributed by atoms with E-state index in [9.17, 15) is 9.59 Å². The Balaban J connectivity index is 1.58. The van der Waals surface area contributed by atoms with E-state index in [1.165, 1.54) is 43.8 Å². The Morgan fingerprint density at radius 1 is 1.15 bits per heavy atom. The van der Waals surface area contributed by atoms with Gasteiger partial charge in [0.05, 0.1) is 0 Å². The summed E-state index contributed by atoms with van der Waals surface area (Å²) in [6.45, 7) is 7.14. The van der Waals surface area contributed by atoms with Crippen molar-refractivity contribution >= 4 is 11.8 Å². The van der Waals surface area contributed by atoms with Crippen molar-refractivity contribution in [1.82, 2.24) is 0 Å². The fraction of sp³-hybridized carbons (Fsp3) is 0.750. The van der Waals surface area contributed by atoms with Crippen molar-refractivity contribution in [3.8, 4) is 0 Å². The summed E-state index contributed by atoms with van der Waals surface area (Å²) >= 11 is 0. The van der Waals surface area contributed by atoms with E-state index in [0.717, 1.165) is 37.0 Å². The Morgan fingerprint density at radius 2 is 1.93 bits per heavy atom. The standard InChI is InChI=1S/C24H34O3/c1-15(4-9-22(26)27)19-7-8-20-18-6-5-16-14-17(25)10-12-23(16,2)21(18)11-13-24(19,20)3/h4,9,14-15,18-21H,5-8,10-13H2,1-3H3,(H,26,27). The van der Waals surface area contributed by atoms with Crippen LogP contribution < -0.4 is 0 Å². The summed E-state index contributed by atoms with van der Waals surface area (Å²) in [6.07, 6.45) is 14.4. The van der Waals surface area contributed by atoms with Crippen molar-refractivity contribution < 1.29 is 14.7 Å². The number of rotatable bonds is 3. The highest BCUT2D eigenvalue weighted by molar-refractivity contribution is 5.91. The third kappa shape index (κ3) is 2.93. The van der Waals surface area contributed by atoms with E-state index < -0.39 is 5.97 Å². The van der Waals surface area contributed by atoms with Crippen LogP contribution in [0, 0.1) is 40.4 Å². The fourth-order valence-electron chi connectivity index (χ4n) is 7.83. The first-order chi connectivity index (χ1) is 12.8. The number of fused-ring (bicyclic) bond motifs is 5. The van der Waals surface area contributed by atoms with Crippen molar-refractivity contribution in [2.24, 2.45) is 40.4 Å². The number of hydrogen-bond acceptors (Lipinski definition) is 2. The Labute approximate surface area is 163 Å². The van der Waals surface area contributed by atoms with Crippen LogP contribution in [0.4, 0.5) is 0 Å². The number of carbonyl (C=O) groups excluding carboxylic acids is 1. The molecule has 3 nitrogen and oxygen atoms in total. The number of ketones is 1. The van der Waals surface area contributed by atoms with Gasteiger partial charge in [0.2, 0.25) is 0 Å². The molecule has 0 aromatic carbocycles. The quantitative estimate of drug-likeness (QED) is 0.676. The molecule has 0 bridgehead atoms. The van der Waals surface area contributed by atoms with Gasteiger partial charge >= 0.3 is 5.97 Å². The summed E-state index contributed by atoms with van der Waals surface area (Å²) in [5.74, 6) is 2.69. The molecule has 4 rings (SSSR count). The van der Waals surface area contributed by atoms with Crippen LogP contribution in [0.2, 0.25) is 0 Å². The molecule has 7 unspecified atom stereocenters. The Morgan fingerprint density at radius 3 is 2.67 bits per heavy atom. The lowest BCUT2D eigenvalue weighted by atomic mass is 9.46. The van der Waals surface area contributed by atoms with Gasteiger partial charge in [-0.2, -0.15) is 0 Å². The molecule has 3 fully saturated rings. The molecule has 3 saturated carbocycles. The normalized spacial score (nSPS) is 45.0. The fourth-order valence-corrected chi connectivity index (χ4v) is 7.83. The maximum atomic E-state index is 12.0. The minimum absolute atomic E-state index is 0.241. The van der Waals surface area contributed by atoms with Crippen LogP contribution in [0.15, 0.2) is 23.8 Å². The van der Waals surface area contributed by atoms with Crippen LogP contribution in [0.25, 0.3) is 0 Å². The number of allylic oxidation sites excluding steroid dienone is 2. The third-order valence-electron chi connectivity index (χ3n) is 9.21. The minimum atomic E-state index is -0.836. The summed E-state index contributed by atoms with van der Waals surface area (Å²) in [5.41, 5.74) is 2.02. The zero-order chi connectivity index (χ0) is 19.4. The molecule has 27 heavy (non-hydrogen) atoms. The molecule has 0 aliphatic heterocycles. The van der Waals surface area contributed by atoms with Gasteiger partial charge in [-0.25, -0.2) is 4.79 Å². The topological polar surface area (TPSA) is 54.4 Å². The molecule has 4 aliphatic rings. The molecular formula is C24H34O3. The van der Waals surface area contributed by atoms with Gasteiger partial charge in [-0.15, -0.1) is 0 Å². The van der Waals surface area contributed by atoms with Gasteiger partial charge in [0.15, 0.2) is 5.78 Å². The summed E-state index contributed by atoms with van der Waals surface area (Å²) in [5, 5.41) is 9.00. The number of carbonyl (C=O) groups is 2. The van der Waals surface area contributed by atoms with Crippen LogP contribution in [0.1, 0.15) is 72.1 Å². The Hall–Kier alpha value is -1.38. The second-order valence-corrected chi connectivity index (χ2v) is 10.3. The predicted molar refractivity (Wildman–Crippen MR) is 106 cm³/mol. The highest BCUT2D eigenvalue weighted by Gasteiger charge is 2.59. The molecule has 0 aromatic rings. The van der Waals surface area contributed by atoms with Gasteiger partial charge in [-0.1, -0.05) is 32.4 Å². The smallest absolute Gasteiger partial charge is 0.327 e. The first-order valence-electron chi connectivity index (χ1n) is 10.9. The lowest BCUT2D eigenvalue weighted by Gasteiger charge is -2.58. The number of hydrogen-bond donors (Lipinski definition) is 1. The average molecular weight is 371 g/mol. The SMILES string of the molecule is CC(C=CC(=O)O)C1CCC2C3CCC4=CC(=O)CCC4(C)C3CCC12C. The van der Waals surface area contributed by atoms with Crippen molar-refractivity contribution in [1.29, 1.82) is 0 Å². The number of carboxylic acids is 1. The molecule has 0 saturated heterocycles. The molecule has 3 heteroatoms. The highest BCUT2D eigenvalue weighted by atomic mass is 16.4. The average Bonchev–Trinajstić information content (AvgIpc) is 2.97. The third-order valence-corrected chi connectivity index (χ3v) is 9.21. The van der Waals surface area contributed by atoms with Gasteiger partial charge in [-0.05, 0) is 91.4 Å². The lowest BCUT2D eigenvalue weighted by Crippen LogP contribution is -2.50. The molecule has 0 aromatic heterocycles. The van der Waals surface area contributed by atoms with Crippen molar-refractivity contribution in [2.45, 2.75) is 72.1 Å². The van der Waals surface area contributed by atoms with Gasteiger partial charge < -0.3 is 5.11 Å². The molecule has 0 spiro atoms. The van der Waals surface area contributed by atoms with Gasteiger partial charge in [-0.3, -0.25) is 4.79 Å². The molecule has 1 N–H and O–H groups in total. The zero-order valence-electron chi connectivity index (χ0n) is 17.0. The molecule has 4 aliphatic carbocycles. The van der Waals surface area contributed by atoms with Crippen LogP contribution >= 0.6 is 0 Å². The predicted octanol–water partition coefficient (Wildman–Crippen LogP) is 5.41. The first-order valence-corrected chi connectivity index (χ1v) is 10.9. The zero-order valence-corrected chi connectivity index (χ0v) is 17.0. The summed E-state index contributed by atoms with van der Waals surface area (Å²) in [4.78, 5) is 22.9. The van der Waals surface area contributed by atoms with Crippen molar-refractivity contribution in [3.63, 3.8) is 0 Å². The van der Waals surface area contributed by atoms with E-state index in [1.54, 1.807) is 0 Å². The van der Waals surface area contributed by atoms with E-state index >= 15 is 0 Å². The molecular weight excluding hydrogens is 336 g/mol.